The van der Waals surface area contributed by atoms with Gasteiger partial charge in [-0.25, -0.2) is 0 Å². The SMILES string of the molecule is CN(CC(=O)Nc1ccc(Cl)c(Cl)c1)Cc1nc(-c2cccs2)no1. The van der Waals surface area contributed by atoms with Crippen molar-refractivity contribution >= 4 is 46.1 Å². The summed E-state index contributed by atoms with van der Waals surface area (Å²) in [6.07, 6.45) is 0. The van der Waals surface area contributed by atoms with E-state index in [0.717, 1.165) is 4.88 Å². The highest BCUT2D eigenvalue weighted by Gasteiger charge is 2.14. The number of hydrogen-bond donors (Lipinski definition) is 1. The fraction of sp³-hybridized carbons (Fsp3) is 0.188. The number of nitrogens with zero attached hydrogens (tertiary/aromatic N) is 3. The number of thiophene rings is 1. The van der Waals surface area contributed by atoms with Gasteiger partial charge >= 0.3 is 0 Å². The molecular weight excluding hydrogens is 383 g/mol. The number of carbonyl (C=O) groups excluding carboxylic acids is 1. The van der Waals surface area contributed by atoms with Crippen molar-refractivity contribution in [3.05, 3.63) is 51.6 Å². The van der Waals surface area contributed by atoms with E-state index >= 15 is 0 Å². The van der Waals surface area contributed by atoms with Crippen molar-refractivity contribution < 1.29 is 9.32 Å². The Labute approximate surface area is 158 Å². The molecular formula is C16H14Cl2N4O2S. The highest BCUT2D eigenvalue weighted by molar-refractivity contribution is 7.13. The third kappa shape index (κ3) is 4.79. The Balaban J connectivity index is 1.54. The van der Waals surface area contributed by atoms with E-state index in [1.54, 1.807) is 30.1 Å². The third-order valence-corrected chi connectivity index (χ3v) is 4.84. The van der Waals surface area contributed by atoms with Gasteiger partial charge < -0.3 is 9.84 Å². The standard InChI is InChI=1S/C16H14Cl2N4O2S/c1-22(8-14(23)19-10-4-5-11(17)12(18)7-10)9-15-20-16(21-24-15)13-3-2-6-25-13/h2-7H,8-9H2,1H3,(H,19,23). The first kappa shape index (κ1) is 17.9. The molecule has 1 N–H and O–H groups in total. The minimum Gasteiger partial charge on any atom is -0.338 e. The number of anilines is 1. The van der Waals surface area contributed by atoms with Crippen molar-refractivity contribution in [2.24, 2.45) is 0 Å². The molecule has 0 spiro atoms. The summed E-state index contributed by atoms with van der Waals surface area (Å²) in [6, 6.07) is 8.78. The maximum absolute atomic E-state index is 12.1. The second kappa shape index (κ2) is 7.97. The van der Waals surface area contributed by atoms with Gasteiger partial charge in [0, 0.05) is 5.69 Å². The zero-order valence-electron chi connectivity index (χ0n) is 13.2. The molecule has 3 aromatic rings. The molecule has 1 aromatic carbocycles. The van der Waals surface area contributed by atoms with Gasteiger partial charge in [-0.2, -0.15) is 4.98 Å². The molecule has 6 nitrogen and oxygen atoms in total. The molecule has 130 valence electrons. The van der Waals surface area contributed by atoms with Crippen molar-refractivity contribution in [2.75, 3.05) is 18.9 Å². The molecule has 0 atom stereocenters. The first-order valence-corrected chi connectivity index (χ1v) is 8.95. The first-order valence-electron chi connectivity index (χ1n) is 7.31. The Bertz CT molecular complexity index is 867. The third-order valence-electron chi connectivity index (χ3n) is 3.23. The van der Waals surface area contributed by atoms with Crippen LogP contribution in [0.5, 0.6) is 0 Å². The summed E-state index contributed by atoms with van der Waals surface area (Å²) in [5.74, 6) is 0.825. The van der Waals surface area contributed by atoms with Crippen LogP contribution in [-0.2, 0) is 11.3 Å². The number of rotatable bonds is 6. The second-order valence-electron chi connectivity index (χ2n) is 5.34. The predicted molar refractivity (Wildman–Crippen MR) is 99.0 cm³/mol. The van der Waals surface area contributed by atoms with Gasteiger partial charge in [0.05, 0.1) is 28.0 Å². The highest BCUT2D eigenvalue weighted by Crippen LogP contribution is 2.25. The summed E-state index contributed by atoms with van der Waals surface area (Å²) < 4.78 is 5.23. The van der Waals surface area contributed by atoms with Crippen LogP contribution in [0.25, 0.3) is 10.7 Å². The van der Waals surface area contributed by atoms with Crippen LogP contribution in [-0.4, -0.2) is 34.5 Å². The number of halogens is 2. The van der Waals surface area contributed by atoms with Crippen LogP contribution in [0.4, 0.5) is 5.69 Å². The normalized spacial score (nSPS) is 11.0. The molecule has 3 rings (SSSR count). The van der Waals surface area contributed by atoms with Crippen LogP contribution in [0.2, 0.25) is 10.0 Å². The lowest BCUT2D eigenvalue weighted by Crippen LogP contribution is -2.29. The zero-order valence-corrected chi connectivity index (χ0v) is 15.5. The van der Waals surface area contributed by atoms with Crippen LogP contribution in [0.15, 0.2) is 40.2 Å². The van der Waals surface area contributed by atoms with Crippen LogP contribution < -0.4 is 5.32 Å². The largest absolute Gasteiger partial charge is 0.338 e. The van der Waals surface area contributed by atoms with Crippen molar-refractivity contribution in [1.82, 2.24) is 15.0 Å². The van der Waals surface area contributed by atoms with Crippen molar-refractivity contribution in [2.45, 2.75) is 6.54 Å². The molecule has 0 aliphatic carbocycles. The Hall–Kier alpha value is -1.93. The van der Waals surface area contributed by atoms with Crippen molar-refractivity contribution in [3.63, 3.8) is 0 Å². The molecule has 0 aliphatic heterocycles. The van der Waals surface area contributed by atoms with E-state index in [-0.39, 0.29) is 12.5 Å². The van der Waals surface area contributed by atoms with Crippen LogP contribution >= 0.6 is 34.5 Å². The molecule has 1 amide bonds. The lowest BCUT2D eigenvalue weighted by atomic mass is 10.3. The maximum atomic E-state index is 12.1. The lowest BCUT2D eigenvalue weighted by molar-refractivity contribution is -0.117. The zero-order chi connectivity index (χ0) is 17.8. The van der Waals surface area contributed by atoms with E-state index in [1.807, 2.05) is 17.5 Å². The van der Waals surface area contributed by atoms with Crippen molar-refractivity contribution in [3.8, 4) is 10.7 Å². The Morgan fingerprint density at radius 2 is 2.16 bits per heavy atom. The van der Waals surface area contributed by atoms with Gasteiger partial charge in [0.25, 0.3) is 0 Å². The molecule has 2 aromatic heterocycles. The summed E-state index contributed by atoms with van der Waals surface area (Å²) in [4.78, 5) is 19.2. The van der Waals surface area contributed by atoms with Gasteiger partial charge in [0.1, 0.15) is 0 Å². The molecule has 0 aliphatic rings. The molecule has 2 heterocycles. The number of carbonyl (C=O) groups is 1. The predicted octanol–water partition coefficient (Wildman–Crippen LogP) is 4.18. The van der Waals surface area contributed by atoms with Gasteiger partial charge in [-0.1, -0.05) is 34.4 Å². The quantitative estimate of drug-likeness (QED) is 0.676. The fourth-order valence-electron chi connectivity index (χ4n) is 2.13. The van der Waals surface area contributed by atoms with Gasteiger partial charge in [-0.05, 0) is 36.7 Å². The summed E-state index contributed by atoms with van der Waals surface area (Å²) in [6.45, 7) is 0.532. The molecule has 0 bridgehead atoms. The highest BCUT2D eigenvalue weighted by atomic mass is 35.5. The fourth-order valence-corrected chi connectivity index (χ4v) is 3.08. The minimum absolute atomic E-state index is 0.164. The average molecular weight is 397 g/mol. The second-order valence-corrected chi connectivity index (χ2v) is 7.10. The maximum Gasteiger partial charge on any atom is 0.241 e. The Kier molecular flexibility index (Phi) is 5.70. The van der Waals surface area contributed by atoms with E-state index < -0.39 is 0 Å². The summed E-state index contributed by atoms with van der Waals surface area (Å²) in [7, 11) is 1.80. The number of aromatic nitrogens is 2. The summed E-state index contributed by atoms with van der Waals surface area (Å²) in [5.41, 5.74) is 0.588. The number of nitrogens with one attached hydrogen (secondary N) is 1. The van der Waals surface area contributed by atoms with Crippen LogP contribution in [0, 0.1) is 0 Å². The topological polar surface area (TPSA) is 71.3 Å². The van der Waals surface area contributed by atoms with E-state index in [1.165, 1.54) is 11.3 Å². The number of hydrogen-bond acceptors (Lipinski definition) is 6. The Morgan fingerprint density at radius 1 is 1.32 bits per heavy atom. The minimum atomic E-state index is -0.182. The van der Waals surface area contributed by atoms with E-state index in [4.69, 9.17) is 27.7 Å². The van der Waals surface area contributed by atoms with Gasteiger partial charge in [0.2, 0.25) is 17.6 Å². The smallest absolute Gasteiger partial charge is 0.241 e. The Morgan fingerprint density at radius 3 is 2.88 bits per heavy atom. The lowest BCUT2D eigenvalue weighted by Gasteiger charge is -2.14. The van der Waals surface area contributed by atoms with E-state index in [0.29, 0.717) is 34.0 Å². The van der Waals surface area contributed by atoms with Gasteiger partial charge in [-0.3, -0.25) is 9.69 Å². The van der Waals surface area contributed by atoms with Crippen LogP contribution in [0.3, 0.4) is 0 Å². The molecule has 0 fully saturated rings. The molecule has 0 saturated carbocycles. The number of likely N-dealkylation sites (N-methyl/N-ethyl adjacent to an activating group) is 1. The summed E-state index contributed by atoms with van der Waals surface area (Å²) in [5, 5.41) is 9.49. The van der Waals surface area contributed by atoms with Gasteiger partial charge in [0.15, 0.2) is 0 Å². The number of amides is 1. The molecule has 0 saturated heterocycles. The van der Waals surface area contributed by atoms with Crippen LogP contribution in [0.1, 0.15) is 5.89 Å². The van der Waals surface area contributed by atoms with Crippen molar-refractivity contribution in [1.29, 1.82) is 0 Å². The monoisotopic (exact) mass is 396 g/mol. The average Bonchev–Trinajstić information content (AvgIpc) is 3.21. The van der Waals surface area contributed by atoms with E-state index in [2.05, 4.69) is 15.5 Å². The molecule has 0 radical (unpaired) electrons. The van der Waals surface area contributed by atoms with E-state index in [9.17, 15) is 4.79 Å². The van der Waals surface area contributed by atoms with Gasteiger partial charge in [-0.15, -0.1) is 11.3 Å². The number of benzene rings is 1. The molecule has 25 heavy (non-hydrogen) atoms. The molecule has 0 unspecified atom stereocenters. The summed E-state index contributed by atoms with van der Waals surface area (Å²) >= 11 is 13.3. The molecule has 9 heteroatoms. The first-order chi connectivity index (χ1) is 12.0.